The van der Waals surface area contributed by atoms with Gasteiger partial charge in [-0.3, -0.25) is 9.59 Å². The van der Waals surface area contributed by atoms with Crippen LogP contribution in [-0.4, -0.2) is 22.8 Å². The summed E-state index contributed by atoms with van der Waals surface area (Å²) in [4.78, 5) is 24.9. The van der Waals surface area contributed by atoms with Gasteiger partial charge in [-0.1, -0.05) is 15.9 Å². The van der Waals surface area contributed by atoms with Gasteiger partial charge in [0.1, 0.15) is 0 Å². The van der Waals surface area contributed by atoms with Crippen molar-refractivity contribution in [3.63, 3.8) is 0 Å². The predicted molar refractivity (Wildman–Crippen MR) is 62.4 cm³/mol. The van der Waals surface area contributed by atoms with Crippen molar-refractivity contribution in [3.05, 3.63) is 34.2 Å². The molecule has 1 aromatic heterocycles. The number of aromatic amines is 1. The van der Waals surface area contributed by atoms with Gasteiger partial charge >= 0.3 is 0 Å². The molecule has 0 unspecified atom stereocenters. The van der Waals surface area contributed by atoms with E-state index in [4.69, 9.17) is 0 Å². The van der Waals surface area contributed by atoms with Crippen LogP contribution >= 0.6 is 15.9 Å². The van der Waals surface area contributed by atoms with Crippen LogP contribution in [0.15, 0.2) is 23.1 Å². The van der Waals surface area contributed by atoms with E-state index in [-0.39, 0.29) is 11.5 Å². The Labute approximate surface area is 96.2 Å². The predicted octanol–water partition coefficient (Wildman–Crippen LogP) is 1.28. The fourth-order valence-electron chi connectivity index (χ4n) is 1.11. The van der Waals surface area contributed by atoms with Crippen molar-refractivity contribution in [3.8, 4) is 0 Å². The van der Waals surface area contributed by atoms with E-state index < -0.39 is 0 Å². The minimum absolute atomic E-state index is 0.198. The molecule has 0 spiro atoms. The standard InChI is InChI=1S/C10H13BrN2O2/c11-4-1-2-5-13-10(15)8-3-6-12-9(14)7-8/h3,6-7H,1-2,4-5H2,(H,12,14)(H,13,15). The van der Waals surface area contributed by atoms with Gasteiger partial charge in [0, 0.05) is 29.7 Å². The van der Waals surface area contributed by atoms with E-state index >= 15 is 0 Å². The maximum atomic E-state index is 11.5. The summed E-state index contributed by atoms with van der Waals surface area (Å²) in [5.74, 6) is -0.198. The smallest absolute Gasteiger partial charge is 0.251 e. The highest BCUT2D eigenvalue weighted by atomic mass is 79.9. The Morgan fingerprint density at radius 3 is 2.93 bits per heavy atom. The van der Waals surface area contributed by atoms with Crippen LogP contribution in [0.4, 0.5) is 0 Å². The van der Waals surface area contributed by atoms with Gasteiger partial charge in [0.25, 0.3) is 5.91 Å². The van der Waals surface area contributed by atoms with Crippen LogP contribution in [0, 0.1) is 0 Å². The van der Waals surface area contributed by atoms with Crippen molar-refractivity contribution in [2.75, 3.05) is 11.9 Å². The van der Waals surface area contributed by atoms with Gasteiger partial charge in [-0.25, -0.2) is 0 Å². The van der Waals surface area contributed by atoms with Crippen LogP contribution in [0.3, 0.4) is 0 Å². The molecule has 1 heterocycles. The van der Waals surface area contributed by atoms with Gasteiger partial charge in [0.15, 0.2) is 0 Å². The Kier molecular flexibility index (Phi) is 5.10. The quantitative estimate of drug-likeness (QED) is 0.627. The summed E-state index contributed by atoms with van der Waals surface area (Å²) >= 11 is 3.31. The summed E-state index contributed by atoms with van der Waals surface area (Å²) in [7, 11) is 0. The molecule has 0 radical (unpaired) electrons. The summed E-state index contributed by atoms with van der Waals surface area (Å²) in [6, 6.07) is 2.88. The molecule has 0 saturated heterocycles. The van der Waals surface area contributed by atoms with Crippen LogP contribution in [0.5, 0.6) is 0 Å². The minimum Gasteiger partial charge on any atom is -0.352 e. The molecule has 0 aliphatic rings. The first-order chi connectivity index (χ1) is 7.24. The van der Waals surface area contributed by atoms with Gasteiger partial charge in [-0.15, -0.1) is 0 Å². The third kappa shape index (κ3) is 4.29. The largest absolute Gasteiger partial charge is 0.352 e. The van der Waals surface area contributed by atoms with E-state index in [1.165, 1.54) is 12.3 Å². The fraction of sp³-hybridized carbons (Fsp3) is 0.400. The summed E-state index contributed by atoms with van der Waals surface area (Å²) in [5.41, 5.74) is 0.140. The first-order valence-corrected chi connectivity index (χ1v) is 5.89. The summed E-state index contributed by atoms with van der Waals surface area (Å²) in [6.45, 7) is 0.636. The van der Waals surface area contributed by atoms with Crippen LogP contribution in [0.1, 0.15) is 23.2 Å². The topological polar surface area (TPSA) is 62.0 Å². The zero-order valence-corrected chi connectivity index (χ0v) is 9.84. The molecule has 15 heavy (non-hydrogen) atoms. The van der Waals surface area contributed by atoms with E-state index in [2.05, 4.69) is 26.2 Å². The molecule has 2 N–H and O–H groups in total. The number of pyridine rings is 1. The zero-order chi connectivity index (χ0) is 11.1. The molecular weight excluding hydrogens is 260 g/mol. The molecule has 0 saturated carbocycles. The molecule has 1 rings (SSSR count). The molecule has 0 atom stereocenters. The van der Waals surface area contributed by atoms with E-state index in [1.807, 2.05) is 0 Å². The number of amides is 1. The number of alkyl halides is 1. The Bertz CT molecular complexity index is 376. The van der Waals surface area contributed by atoms with E-state index in [0.717, 1.165) is 18.2 Å². The lowest BCUT2D eigenvalue weighted by Crippen LogP contribution is -2.25. The Hall–Kier alpha value is -1.10. The number of halogens is 1. The molecule has 1 aromatic rings. The first kappa shape index (κ1) is 12.0. The summed E-state index contributed by atoms with van der Waals surface area (Å²) < 4.78 is 0. The second kappa shape index (κ2) is 6.40. The normalized spacial score (nSPS) is 9.93. The number of hydrogen-bond acceptors (Lipinski definition) is 2. The number of carbonyl (C=O) groups excluding carboxylic acids is 1. The van der Waals surface area contributed by atoms with Crippen molar-refractivity contribution in [2.24, 2.45) is 0 Å². The third-order valence-electron chi connectivity index (χ3n) is 1.88. The van der Waals surface area contributed by atoms with Crippen LogP contribution < -0.4 is 10.9 Å². The second-order valence-corrected chi connectivity index (χ2v) is 3.89. The number of hydrogen-bond donors (Lipinski definition) is 2. The monoisotopic (exact) mass is 272 g/mol. The van der Waals surface area contributed by atoms with Gasteiger partial charge in [-0.2, -0.15) is 0 Å². The number of rotatable bonds is 5. The highest BCUT2D eigenvalue weighted by Gasteiger charge is 2.03. The molecular formula is C10H13BrN2O2. The van der Waals surface area contributed by atoms with Crippen molar-refractivity contribution in [1.29, 1.82) is 0 Å². The van der Waals surface area contributed by atoms with E-state index in [1.54, 1.807) is 6.07 Å². The molecule has 0 bridgehead atoms. The number of H-pyrrole nitrogens is 1. The average molecular weight is 273 g/mol. The second-order valence-electron chi connectivity index (χ2n) is 3.09. The van der Waals surface area contributed by atoms with Crippen molar-refractivity contribution < 1.29 is 4.79 Å². The Morgan fingerprint density at radius 1 is 1.47 bits per heavy atom. The first-order valence-electron chi connectivity index (χ1n) is 4.77. The third-order valence-corrected chi connectivity index (χ3v) is 2.44. The molecule has 0 aliphatic carbocycles. The van der Waals surface area contributed by atoms with Crippen LogP contribution in [0.25, 0.3) is 0 Å². The molecule has 82 valence electrons. The van der Waals surface area contributed by atoms with E-state index in [9.17, 15) is 9.59 Å². The highest BCUT2D eigenvalue weighted by Crippen LogP contribution is 1.95. The minimum atomic E-state index is -0.261. The fourth-order valence-corrected chi connectivity index (χ4v) is 1.51. The van der Waals surface area contributed by atoms with Crippen molar-refractivity contribution in [2.45, 2.75) is 12.8 Å². The maximum absolute atomic E-state index is 11.5. The van der Waals surface area contributed by atoms with Gasteiger partial charge in [0.05, 0.1) is 0 Å². The van der Waals surface area contributed by atoms with Gasteiger partial charge in [0.2, 0.25) is 5.56 Å². The molecule has 0 aliphatic heterocycles. The SMILES string of the molecule is O=C(NCCCCBr)c1cc[nH]c(=O)c1. The van der Waals surface area contributed by atoms with Crippen molar-refractivity contribution in [1.82, 2.24) is 10.3 Å². The summed E-state index contributed by atoms with van der Waals surface area (Å²) in [5, 5.41) is 3.69. The van der Waals surface area contributed by atoms with E-state index in [0.29, 0.717) is 12.1 Å². The molecule has 1 amide bonds. The summed E-state index contributed by atoms with van der Waals surface area (Å²) in [6.07, 6.45) is 3.42. The number of carbonyl (C=O) groups is 1. The lowest BCUT2D eigenvalue weighted by atomic mass is 10.2. The van der Waals surface area contributed by atoms with Crippen LogP contribution in [-0.2, 0) is 0 Å². The highest BCUT2D eigenvalue weighted by molar-refractivity contribution is 9.09. The number of aromatic nitrogens is 1. The number of nitrogens with one attached hydrogen (secondary N) is 2. The zero-order valence-electron chi connectivity index (χ0n) is 8.25. The molecule has 0 aromatic carbocycles. The Balaban J connectivity index is 2.44. The van der Waals surface area contributed by atoms with Crippen molar-refractivity contribution >= 4 is 21.8 Å². The lowest BCUT2D eigenvalue weighted by Gasteiger charge is -2.03. The maximum Gasteiger partial charge on any atom is 0.251 e. The molecule has 5 heteroatoms. The lowest BCUT2D eigenvalue weighted by molar-refractivity contribution is 0.0953. The average Bonchev–Trinajstić information content (AvgIpc) is 2.24. The molecule has 4 nitrogen and oxygen atoms in total. The van der Waals surface area contributed by atoms with Crippen LogP contribution in [0.2, 0.25) is 0 Å². The van der Waals surface area contributed by atoms with Gasteiger partial charge < -0.3 is 10.3 Å². The molecule has 0 fully saturated rings. The van der Waals surface area contributed by atoms with Gasteiger partial charge in [-0.05, 0) is 18.9 Å². The number of unbranched alkanes of at least 4 members (excludes halogenated alkanes) is 1. The Morgan fingerprint density at radius 2 is 2.27 bits per heavy atom.